The first-order chi connectivity index (χ1) is 9.69. The summed E-state index contributed by atoms with van der Waals surface area (Å²) in [5.41, 5.74) is 1.66. The van der Waals surface area contributed by atoms with E-state index in [-0.39, 0.29) is 16.9 Å². The summed E-state index contributed by atoms with van der Waals surface area (Å²) in [5, 5.41) is 19.9. The maximum atomic E-state index is 12.4. The van der Waals surface area contributed by atoms with Gasteiger partial charge in [-0.15, -0.1) is 0 Å². The van der Waals surface area contributed by atoms with Gasteiger partial charge in [0.25, 0.3) is 0 Å². The van der Waals surface area contributed by atoms with Crippen molar-refractivity contribution in [2.24, 2.45) is 0 Å². The Morgan fingerprint density at radius 1 is 1.05 bits per heavy atom. The SMILES string of the molecule is C=C1C(=O)c2c(ccc3ccccc23)C1=C(C#N)C#N. The van der Waals surface area contributed by atoms with Crippen LogP contribution in [-0.4, -0.2) is 5.78 Å². The van der Waals surface area contributed by atoms with Crippen LogP contribution < -0.4 is 0 Å². The zero-order valence-corrected chi connectivity index (χ0v) is 10.5. The summed E-state index contributed by atoms with van der Waals surface area (Å²) in [5.74, 6) is -0.213. The van der Waals surface area contributed by atoms with Gasteiger partial charge in [0.15, 0.2) is 5.78 Å². The largest absolute Gasteiger partial charge is 0.289 e. The molecule has 20 heavy (non-hydrogen) atoms. The molecule has 2 aromatic rings. The van der Waals surface area contributed by atoms with Crippen molar-refractivity contribution in [1.29, 1.82) is 10.5 Å². The zero-order chi connectivity index (χ0) is 14.3. The lowest BCUT2D eigenvalue weighted by atomic mass is 9.98. The van der Waals surface area contributed by atoms with Gasteiger partial charge in [-0.05, 0) is 16.3 Å². The van der Waals surface area contributed by atoms with Gasteiger partial charge in [0.2, 0.25) is 0 Å². The van der Waals surface area contributed by atoms with Crippen molar-refractivity contribution in [1.82, 2.24) is 0 Å². The first-order valence-electron chi connectivity index (χ1n) is 5.99. The Morgan fingerprint density at radius 2 is 1.75 bits per heavy atom. The van der Waals surface area contributed by atoms with Gasteiger partial charge in [0, 0.05) is 16.7 Å². The fourth-order valence-electron chi connectivity index (χ4n) is 2.57. The van der Waals surface area contributed by atoms with E-state index in [1.807, 2.05) is 42.5 Å². The van der Waals surface area contributed by atoms with Crippen LogP contribution in [0.25, 0.3) is 16.3 Å². The van der Waals surface area contributed by atoms with Crippen molar-refractivity contribution in [2.45, 2.75) is 0 Å². The maximum absolute atomic E-state index is 12.4. The molecule has 0 aliphatic heterocycles. The molecule has 0 spiro atoms. The van der Waals surface area contributed by atoms with Crippen molar-refractivity contribution in [3.63, 3.8) is 0 Å². The lowest BCUT2D eigenvalue weighted by Crippen LogP contribution is -1.95. The molecule has 1 aliphatic carbocycles. The molecular weight excluding hydrogens is 248 g/mol. The third-order valence-electron chi connectivity index (χ3n) is 3.47. The highest BCUT2D eigenvalue weighted by molar-refractivity contribution is 6.31. The van der Waals surface area contributed by atoms with Crippen LogP contribution >= 0.6 is 0 Å². The molecule has 0 atom stereocenters. The molecule has 92 valence electrons. The second-order valence-electron chi connectivity index (χ2n) is 4.49. The summed E-state index contributed by atoms with van der Waals surface area (Å²) >= 11 is 0. The van der Waals surface area contributed by atoms with Crippen LogP contribution in [0.1, 0.15) is 15.9 Å². The highest BCUT2D eigenvalue weighted by atomic mass is 16.1. The Morgan fingerprint density at radius 3 is 2.45 bits per heavy atom. The fourth-order valence-corrected chi connectivity index (χ4v) is 2.57. The van der Waals surface area contributed by atoms with E-state index in [0.717, 1.165) is 10.8 Å². The molecular formula is C17H8N2O. The Balaban J connectivity index is 2.49. The minimum absolute atomic E-state index is 0.0719. The zero-order valence-electron chi connectivity index (χ0n) is 10.5. The molecule has 0 aromatic heterocycles. The number of benzene rings is 2. The summed E-state index contributed by atoms with van der Waals surface area (Å²) < 4.78 is 0. The number of fused-ring (bicyclic) bond motifs is 3. The molecule has 1 aliphatic rings. The molecule has 0 unspecified atom stereocenters. The number of nitrogens with zero attached hydrogens (tertiary/aromatic N) is 2. The fraction of sp³-hybridized carbons (Fsp3) is 0. The average Bonchev–Trinajstić information content (AvgIpc) is 2.74. The van der Waals surface area contributed by atoms with Gasteiger partial charge in [0.1, 0.15) is 17.7 Å². The number of hydrogen-bond acceptors (Lipinski definition) is 3. The Bertz CT molecular complexity index is 889. The molecule has 3 nitrogen and oxygen atoms in total. The number of hydrogen-bond donors (Lipinski definition) is 0. The number of allylic oxidation sites excluding steroid dienone is 3. The predicted octanol–water partition coefficient (Wildman–Crippen LogP) is 3.39. The average molecular weight is 256 g/mol. The van der Waals surface area contributed by atoms with Gasteiger partial charge in [-0.2, -0.15) is 10.5 Å². The normalized spacial score (nSPS) is 13.0. The third kappa shape index (κ3) is 1.41. The number of ketones is 1. The molecule has 3 heteroatoms. The number of nitriles is 2. The molecule has 0 radical (unpaired) electrons. The molecule has 3 rings (SSSR count). The number of rotatable bonds is 0. The first kappa shape index (κ1) is 11.9. The van der Waals surface area contributed by atoms with E-state index >= 15 is 0 Å². The first-order valence-corrected chi connectivity index (χ1v) is 5.99. The van der Waals surface area contributed by atoms with Crippen molar-refractivity contribution in [2.75, 3.05) is 0 Å². The Kier molecular flexibility index (Phi) is 2.49. The van der Waals surface area contributed by atoms with Crippen LogP contribution in [-0.2, 0) is 0 Å². The molecule has 0 bridgehead atoms. The Hall–Kier alpha value is -3.17. The summed E-state index contributed by atoms with van der Waals surface area (Å²) in [6.07, 6.45) is 0. The monoisotopic (exact) mass is 256 g/mol. The van der Waals surface area contributed by atoms with Crippen LogP contribution in [0, 0.1) is 22.7 Å². The molecule has 0 fully saturated rings. The van der Waals surface area contributed by atoms with Crippen LogP contribution in [0.3, 0.4) is 0 Å². The highest BCUT2D eigenvalue weighted by Gasteiger charge is 2.32. The lowest BCUT2D eigenvalue weighted by Gasteiger charge is -2.04. The standard InChI is InChI=1S/C17H8N2O/c1-10-15(12(8-18)9-19)14-7-6-11-4-2-3-5-13(11)16(14)17(10)20/h2-7H,1H2. The second-order valence-corrected chi connectivity index (χ2v) is 4.49. The summed E-state index contributed by atoms with van der Waals surface area (Å²) in [6, 6.07) is 14.9. The molecule has 0 heterocycles. The summed E-state index contributed by atoms with van der Waals surface area (Å²) in [4.78, 5) is 12.4. The van der Waals surface area contributed by atoms with Gasteiger partial charge in [-0.25, -0.2) is 0 Å². The molecule has 0 saturated carbocycles. The van der Waals surface area contributed by atoms with E-state index in [1.54, 1.807) is 6.07 Å². The van der Waals surface area contributed by atoms with Crippen LogP contribution in [0.4, 0.5) is 0 Å². The highest BCUT2D eigenvalue weighted by Crippen LogP contribution is 2.41. The second kappa shape index (κ2) is 4.19. The molecule has 0 N–H and O–H groups in total. The molecule has 0 saturated heterocycles. The van der Waals surface area contributed by atoms with E-state index in [9.17, 15) is 4.79 Å². The minimum Gasteiger partial charge on any atom is -0.289 e. The maximum Gasteiger partial charge on any atom is 0.194 e. The van der Waals surface area contributed by atoms with Crippen LogP contribution in [0.5, 0.6) is 0 Å². The quantitative estimate of drug-likeness (QED) is 0.536. The van der Waals surface area contributed by atoms with Crippen molar-refractivity contribution >= 4 is 22.1 Å². The van der Waals surface area contributed by atoms with E-state index in [0.29, 0.717) is 16.7 Å². The van der Waals surface area contributed by atoms with Crippen molar-refractivity contribution in [3.05, 3.63) is 65.3 Å². The molecule has 0 amide bonds. The summed E-state index contributed by atoms with van der Waals surface area (Å²) in [7, 11) is 0. The third-order valence-corrected chi connectivity index (χ3v) is 3.47. The van der Waals surface area contributed by atoms with Crippen molar-refractivity contribution < 1.29 is 4.79 Å². The number of Topliss-reactive ketones (excluding diaryl/α,β-unsaturated/α-hetero) is 1. The van der Waals surface area contributed by atoms with Gasteiger partial charge < -0.3 is 0 Å². The van der Waals surface area contributed by atoms with Crippen LogP contribution in [0.2, 0.25) is 0 Å². The van der Waals surface area contributed by atoms with Gasteiger partial charge in [-0.3, -0.25) is 4.79 Å². The molecule has 2 aromatic carbocycles. The van der Waals surface area contributed by atoms with Crippen LogP contribution in [0.15, 0.2) is 54.1 Å². The topological polar surface area (TPSA) is 64.7 Å². The number of carbonyl (C=O) groups excluding carboxylic acids is 1. The number of carbonyl (C=O) groups is 1. The van der Waals surface area contributed by atoms with E-state index < -0.39 is 0 Å². The minimum atomic E-state index is -0.213. The smallest absolute Gasteiger partial charge is 0.194 e. The lowest BCUT2D eigenvalue weighted by molar-refractivity contribution is 0.104. The van der Waals surface area contributed by atoms with E-state index in [2.05, 4.69) is 6.58 Å². The Labute approximate surface area is 115 Å². The van der Waals surface area contributed by atoms with Gasteiger partial charge >= 0.3 is 0 Å². The van der Waals surface area contributed by atoms with Gasteiger partial charge in [0.05, 0.1) is 0 Å². The van der Waals surface area contributed by atoms with Gasteiger partial charge in [-0.1, -0.05) is 43.0 Å². The van der Waals surface area contributed by atoms with E-state index in [1.165, 1.54) is 0 Å². The van der Waals surface area contributed by atoms with Crippen molar-refractivity contribution in [3.8, 4) is 12.1 Å². The summed E-state index contributed by atoms with van der Waals surface area (Å²) in [6.45, 7) is 3.75. The predicted molar refractivity (Wildman–Crippen MR) is 75.6 cm³/mol. The van der Waals surface area contributed by atoms with E-state index in [4.69, 9.17) is 10.5 Å².